The lowest BCUT2D eigenvalue weighted by molar-refractivity contribution is -0.0232. The molecule has 0 N–H and O–H groups in total. The van der Waals surface area contributed by atoms with Crippen LogP contribution >= 0.6 is 0 Å². The molecule has 0 radical (unpaired) electrons. The zero-order valence-corrected chi connectivity index (χ0v) is 17.2. The molecule has 1 aliphatic rings. The van der Waals surface area contributed by atoms with Crippen LogP contribution in [0.2, 0.25) is 0 Å². The second-order valence-electron chi connectivity index (χ2n) is 7.25. The maximum Gasteiger partial charge on any atom is 0.357 e. The van der Waals surface area contributed by atoms with Gasteiger partial charge in [0, 0.05) is 30.8 Å². The first-order valence-electron chi connectivity index (χ1n) is 9.55. The van der Waals surface area contributed by atoms with Gasteiger partial charge in [-0.3, -0.25) is 9.78 Å². The summed E-state index contributed by atoms with van der Waals surface area (Å²) in [6, 6.07) is 2.86. The summed E-state index contributed by atoms with van der Waals surface area (Å²) in [5.41, 5.74) is 2.27. The lowest BCUT2D eigenvalue weighted by atomic mass is 10.1. The number of carbonyl (C=O) groups is 2. The van der Waals surface area contributed by atoms with Crippen LogP contribution in [-0.4, -0.2) is 45.9 Å². The number of amides is 1. The van der Waals surface area contributed by atoms with Gasteiger partial charge >= 0.3 is 5.97 Å². The van der Waals surface area contributed by atoms with Gasteiger partial charge < -0.3 is 14.4 Å². The van der Waals surface area contributed by atoms with Crippen molar-refractivity contribution in [3.8, 4) is 5.75 Å². The molecule has 1 atom stereocenters. The van der Waals surface area contributed by atoms with Gasteiger partial charge in [-0.05, 0) is 38.5 Å². The van der Waals surface area contributed by atoms with Crippen LogP contribution in [0.1, 0.15) is 64.5 Å². The van der Waals surface area contributed by atoms with Crippen molar-refractivity contribution in [1.29, 1.82) is 0 Å². The maximum absolute atomic E-state index is 13.0. The molecule has 2 aromatic rings. The number of aryl methyl sites for hydroxylation is 1. The number of esters is 1. The van der Waals surface area contributed by atoms with Crippen molar-refractivity contribution >= 4 is 11.9 Å². The Hall–Kier alpha value is -3.10. The SMILES string of the molecule is CCOC(=O)c1nccc2c1CN(C(C)c1cc(C)c(OCC(C)(F)F)cn1)C2=O. The number of ether oxygens (including phenoxy) is 2. The molecule has 0 saturated carbocycles. The molecule has 3 rings (SSSR count). The van der Waals surface area contributed by atoms with Crippen LogP contribution in [0.25, 0.3) is 0 Å². The summed E-state index contributed by atoms with van der Waals surface area (Å²) in [6.45, 7) is 5.67. The molecular formula is C21H23F2N3O4. The molecule has 160 valence electrons. The van der Waals surface area contributed by atoms with E-state index >= 15 is 0 Å². The van der Waals surface area contributed by atoms with Crippen LogP contribution in [0.4, 0.5) is 8.78 Å². The van der Waals surface area contributed by atoms with Gasteiger partial charge in [-0.25, -0.2) is 18.6 Å². The molecule has 0 bridgehead atoms. The molecule has 0 aromatic carbocycles. The van der Waals surface area contributed by atoms with Gasteiger partial charge in [0.1, 0.15) is 5.75 Å². The molecule has 30 heavy (non-hydrogen) atoms. The van der Waals surface area contributed by atoms with Crippen molar-refractivity contribution in [2.24, 2.45) is 0 Å². The summed E-state index contributed by atoms with van der Waals surface area (Å²) in [7, 11) is 0. The Bertz CT molecular complexity index is 975. The van der Waals surface area contributed by atoms with Gasteiger partial charge in [-0.15, -0.1) is 0 Å². The van der Waals surface area contributed by atoms with E-state index in [1.165, 1.54) is 12.4 Å². The monoisotopic (exact) mass is 419 g/mol. The van der Waals surface area contributed by atoms with E-state index in [9.17, 15) is 18.4 Å². The van der Waals surface area contributed by atoms with E-state index in [4.69, 9.17) is 9.47 Å². The average Bonchev–Trinajstić information content (AvgIpc) is 3.02. The van der Waals surface area contributed by atoms with E-state index in [1.54, 1.807) is 30.9 Å². The zero-order chi connectivity index (χ0) is 22.1. The van der Waals surface area contributed by atoms with Crippen molar-refractivity contribution in [2.75, 3.05) is 13.2 Å². The molecular weight excluding hydrogens is 396 g/mol. The second-order valence-corrected chi connectivity index (χ2v) is 7.25. The van der Waals surface area contributed by atoms with Crippen LogP contribution in [0.5, 0.6) is 5.75 Å². The highest BCUT2D eigenvalue weighted by molar-refractivity contribution is 6.02. The van der Waals surface area contributed by atoms with Crippen molar-refractivity contribution in [1.82, 2.24) is 14.9 Å². The van der Waals surface area contributed by atoms with Gasteiger partial charge in [0.15, 0.2) is 12.3 Å². The quantitative estimate of drug-likeness (QED) is 0.637. The summed E-state index contributed by atoms with van der Waals surface area (Å²) < 4.78 is 36.2. The van der Waals surface area contributed by atoms with Crippen LogP contribution in [0.15, 0.2) is 24.5 Å². The minimum Gasteiger partial charge on any atom is -0.485 e. The Morgan fingerprint density at radius 1 is 1.37 bits per heavy atom. The first-order chi connectivity index (χ1) is 14.1. The number of pyridine rings is 2. The normalized spacial score (nSPS) is 14.5. The number of fused-ring (bicyclic) bond motifs is 1. The largest absolute Gasteiger partial charge is 0.485 e. The van der Waals surface area contributed by atoms with Gasteiger partial charge in [0.25, 0.3) is 11.8 Å². The zero-order valence-electron chi connectivity index (χ0n) is 17.2. The van der Waals surface area contributed by atoms with Gasteiger partial charge in [-0.1, -0.05) is 0 Å². The van der Waals surface area contributed by atoms with Gasteiger partial charge in [-0.2, -0.15) is 0 Å². The Morgan fingerprint density at radius 2 is 2.10 bits per heavy atom. The highest BCUT2D eigenvalue weighted by Crippen LogP contribution is 2.33. The van der Waals surface area contributed by atoms with Gasteiger partial charge in [0.2, 0.25) is 0 Å². The minimum atomic E-state index is -2.95. The number of alkyl halides is 2. The molecule has 0 fully saturated rings. The summed E-state index contributed by atoms with van der Waals surface area (Å²) in [4.78, 5) is 35.1. The highest BCUT2D eigenvalue weighted by Gasteiger charge is 2.35. The number of hydrogen-bond donors (Lipinski definition) is 0. The molecule has 0 saturated heterocycles. The fraction of sp³-hybridized carbons (Fsp3) is 0.429. The number of carbonyl (C=O) groups excluding carboxylic acids is 2. The number of halogens is 2. The molecule has 7 nitrogen and oxygen atoms in total. The first kappa shape index (κ1) is 21.6. The molecule has 0 aliphatic carbocycles. The topological polar surface area (TPSA) is 81.6 Å². The predicted molar refractivity (Wildman–Crippen MR) is 104 cm³/mol. The van der Waals surface area contributed by atoms with Crippen LogP contribution in [0.3, 0.4) is 0 Å². The Labute approximate surface area is 173 Å². The van der Waals surface area contributed by atoms with E-state index in [1.807, 2.05) is 6.92 Å². The smallest absolute Gasteiger partial charge is 0.357 e. The summed E-state index contributed by atoms with van der Waals surface area (Å²) in [5, 5.41) is 0. The van der Waals surface area contributed by atoms with Crippen LogP contribution < -0.4 is 4.74 Å². The predicted octanol–water partition coefficient (Wildman–Crippen LogP) is 3.71. The van der Waals surface area contributed by atoms with Crippen molar-refractivity contribution in [3.05, 3.63) is 52.6 Å². The third-order valence-corrected chi connectivity index (χ3v) is 4.80. The van der Waals surface area contributed by atoms with E-state index in [0.29, 0.717) is 22.4 Å². The third-order valence-electron chi connectivity index (χ3n) is 4.80. The van der Waals surface area contributed by atoms with Crippen molar-refractivity contribution in [2.45, 2.75) is 46.2 Å². The average molecular weight is 419 g/mol. The van der Waals surface area contributed by atoms with Crippen molar-refractivity contribution in [3.63, 3.8) is 0 Å². The molecule has 2 aromatic heterocycles. The Kier molecular flexibility index (Phi) is 6.00. The Balaban J connectivity index is 1.81. The second kappa shape index (κ2) is 8.33. The van der Waals surface area contributed by atoms with Crippen LogP contribution in [0, 0.1) is 6.92 Å². The summed E-state index contributed by atoms with van der Waals surface area (Å²) >= 11 is 0. The fourth-order valence-corrected chi connectivity index (χ4v) is 3.25. The molecule has 9 heteroatoms. The van der Waals surface area contributed by atoms with Crippen LogP contribution in [-0.2, 0) is 11.3 Å². The van der Waals surface area contributed by atoms with Crippen molar-refractivity contribution < 1.29 is 27.8 Å². The number of aromatic nitrogens is 2. The lowest BCUT2D eigenvalue weighted by Crippen LogP contribution is -2.28. The number of rotatable bonds is 7. The summed E-state index contributed by atoms with van der Waals surface area (Å²) in [5.74, 6) is -3.50. The fourth-order valence-electron chi connectivity index (χ4n) is 3.25. The lowest BCUT2D eigenvalue weighted by Gasteiger charge is -2.24. The molecule has 1 amide bonds. The van der Waals surface area contributed by atoms with E-state index in [0.717, 1.165) is 6.92 Å². The molecule has 1 unspecified atom stereocenters. The number of nitrogens with zero attached hydrogens (tertiary/aromatic N) is 3. The maximum atomic E-state index is 13.0. The van der Waals surface area contributed by atoms with Gasteiger partial charge in [0.05, 0.1) is 24.5 Å². The minimum absolute atomic E-state index is 0.130. The van der Waals surface area contributed by atoms with E-state index in [-0.39, 0.29) is 30.5 Å². The Morgan fingerprint density at radius 3 is 2.73 bits per heavy atom. The molecule has 3 heterocycles. The standard InChI is InChI=1S/C21H23F2N3O4/c1-5-29-20(28)18-15-10-26(19(27)14(15)6-7-24-18)13(3)16-8-12(2)17(9-25-16)30-11-21(4,22)23/h6-9,13H,5,10-11H2,1-4H3. The summed E-state index contributed by atoms with van der Waals surface area (Å²) in [6.07, 6.45) is 2.79. The highest BCUT2D eigenvalue weighted by atomic mass is 19.3. The van der Waals surface area contributed by atoms with E-state index in [2.05, 4.69) is 9.97 Å². The third kappa shape index (κ3) is 4.39. The van der Waals surface area contributed by atoms with E-state index < -0.39 is 24.5 Å². The number of hydrogen-bond acceptors (Lipinski definition) is 6. The molecule has 0 spiro atoms. The molecule has 1 aliphatic heterocycles. The first-order valence-corrected chi connectivity index (χ1v) is 9.55.